The monoisotopic (exact) mass is 256 g/mol. The Morgan fingerprint density at radius 3 is 3.00 bits per heavy atom. The summed E-state index contributed by atoms with van der Waals surface area (Å²) in [5.74, 6) is 0. The molecule has 0 aromatic carbocycles. The number of piperidine rings is 1. The maximum absolute atomic E-state index is 5.93. The molecular formula is C14H28N2O2. The van der Waals surface area contributed by atoms with Crippen LogP contribution in [0.1, 0.15) is 32.6 Å². The first-order valence-corrected chi connectivity index (χ1v) is 7.51. The summed E-state index contributed by atoms with van der Waals surface area (Å²) in [5, 5.41) is 3.37. The lowest BCUT2D eigenvalue weighted by atomic mass is 10.1. The molecule has 4 heteroatoms. The van der Waals surface area contributed by atoms with Crippen molar-refractivity contribution >= 4 is 0 Å². The zero-order valence-corrected chi connectivity index (χ0v) is 11.7. The molecule has 0 aromatic heterocycles. The van der Waals surface area contributed by atoms with E-state index in [1.807, 2.05) is 0 Å². The standard InChI is InChI=1S/C14H28N2O2/c1-13-12-16(8-2-10-17-13)9-3-11-18-14-4-6-15-7-5-14/h13-15H,2-12H2,1H3. The summed E-state index contributed by atoms with van der Waals surface area (Å²) in [6.07, 6.45) is 5.55. The van der Waals surface area contributed by atoms with E-state index in [0.29, 0.717) is 12.2 Å². The summed E-state index contributed by atoms with van der Waals surface area (Å²) in [4.78, 5) is 2.52. The van der Waals surface area contributed by atoms with Gasteiger partial charge in [-0.25, -0.2) is 0 Å². The second-order valence-corrected chi connectivity index (χ2v) is 5.51. The predicted octanol–water partition coefficient (Wildman–Crippen LogP) is 1.26. The minimum absolute atomic E-state index is 0.387. The van der Waals surface area contributed by atoms with Crippen molar-refractivity contribution in [2.24, 2.45) is 0 Å². The van der Waals surface area contributed by atoms with E-state index in [1.54, 1.807) is 0 Å². The first-order valence-electron chi connectivity index (χ1n) is 7.51. The van der Waals surface area contributed by atoms with Gasteiger partial charge in [0.05, 0.1) is 12.2 Å². The Morgan fingerprint density at radius 2 is 2.17 bits per heavy atom. The van der Waals surface area contributed by atoms with Crippen molar-refractivity contribution in [2.45, 2.75) is 44.8 Å². The minimum atomic E-state index is 0.387. The lowest BCUT2D eigenvalue weighted by molar-refractivity contribution is 0.0257. The second-order valence-electron chi connectivity index (χ2n) is 5.51. The summed E-state index contributed by atoms with van der Waals surface area (Å²) < 4.78 is 11.6. The number of hydrogen-bond acceptors (Lipinski definition) is 4. The van der Waals surface area contributed by atoms with E-state index < -0.39 is 0 Å². The smallest absolute Gasteiger partial charge is 0.0673 e. The number of rotatable bonds is 5. The van der Waals surface area contributed by atoms with Crippen molar-refractivity contribution in [3.8, 4) is 0 Å². The van der Waals surface area contributed by atoms with Crippen molar-refractivity contribution in [3.05, 3.63) is 0 Å². The van der Waals surface area contributed by atoms with Crippen LogP contribution in [0.3, 0.4) is 0 Å². The average molecular weight is 256 g/mol. The molecule has 0 amide bonds. The molecule has 2 heterocycles. The van der Waals surface area contributed by atoms with Gasteiger partial charge >= 0.3 is 0 Å². The molecule has 1 atom stereocenters. The molecule has 106 valence electrons. The third-order valence-corrected chi connectivity index (χ3v) is 3.79. The number of nitrogens with zero attached hydrogens (tertiary/aromatic N) is 1. The fourth-order valence-electron chi connectivity index (χ4n) is 2.78. The van der Waals surface area contributed by atoms with E-state index in [9.17, 15) is 0 Å². The van der Waals surface area contributed by atoms with E-state index in [2.05, 4.69) is 17.1 Å². The summed E-state index contributed by atoms with van der Waals surface area (Å²) >= 11 is 0. The van der Waals surface area contributed by atoms with Gasteiger partial charge in [-0.3, -0.25) is 0 Å². The van der Waals surface area contributed by atoms with Gasteiger partial charge in [-0.2, -0.15) is 0 Å². The molecule has 2 fully saturated rings. The Labute approximate surface area is 111 Å². The molecular weight excluding hydrogens is 228 g/mol. The van der Waals surface area contributed by atoms with Crippen molar-refractivity contribution in [2.75, 3.05) is 45.9 Å². The van der Waals surface area contributed by atoms with Crippen LogP contribution >= 0.6 is 0 Å². The SMILES string of the molecule is CC1CN(CCCOC2CCNCC2)CCCO1. The lowest BCUT2D eigenvalue weighted by Crippen LogP contribution is -2.34. The van der Waals surface area contributed by atoms with Gasteiger partial charge in [0.15, 0.2) is 0 Å². The van der Waals surface area contributed by atoms with Gasteiger partial charge in [-0.1, -0.05) is 0 Å². The van der Waals surface area contributed by atoms with Crippen LogP contribution in [0.15, 0.2) is 0 Å². The average Bonchev–Trinajstić information content (AvgIpc) is 2.60. The zero-order chi connectivity index (χ0) is 12.6. The fourth-order valence-corrected chi connectivity index (χ4v) is 2.78. The first-order chi connectivity index (χ1) is 8.84. The van der Waals surface area contributed by atoms with Crippen LogP contribution in [0.25, 0.3) is 0 Å². The van der Waals surface area contributed by atoms with E-state index >= 15 is 0 Å². The Balaban J connectivity index is 1.53. The van der Waals surface area contributed by atoms with Crippen LogP contribution in [0.2, 0.25) is 0 Å². The maximum Gasteiger partial charge on any atom is 0.0673 e. The molecule has 0 bridgehead atoms. The Kier molecular flexibility index (Phi) is 6.41. The topological polar surface area (TPSA) is 33.7 Å². The molecule has 2 saturated heterocycles. The van der Waals surface area contributed by atoms with E-state index in [1.165, 1.54) is 25.8 Å². The summed E-state index contributed by atoms with van der Waals surface area (Å²) in [6, 6.07) is 0. The molecule has 2 aliphatic heterocycles. The summed E-state index contributed by atoms with van der Waals surface area (Å²) in [5.41, 5.74) is 0. The fraction of sp³-hybridized carbons (Fsp3) is 1.00. The molecule has 18 heavy (non-hydrogen) atoms. The Hall–Kier alpha value is -0.160. The highest BCUT2D eigenvalue weighted by Crippen LogP contribution is 2.09. The molecule has 1 N–H and O–H groups in total. The van der Waals surface area contributed by atoms with Crippen LogP contribution in [0.5, 0.6) is 0 Å². The molecule has 0 saturated carbocycles. The van der Waals surface area contributed by atoms with Gasteiger partial charge < -0.3 is 19.7 Å². The molecule has 0 radical (unpaired) electrons. The predicted molar refractivity (Wildman–Crippen MR) is 72.9 cm³/mol. The van der Waals surface area contributed by atoms with E-state index in [-0.39, 0.29) is 0 Å². The van der Waals surface area contributed by atoms with Crippen LogP contribution in [-0.4, -0.2) is 63.0 Å². The Morgan fingerprint density at radius 1 is 1.33 bits per heavy atom. The molecule has 0 aliphatic carbocycles. The molecule has 0 spiro atoms. The maximum atomic E-state index is 5.93. The normalized spacial score (nSPS) is 28.2. The zero-order valence-electron chi connectivity index (χ0n) is 11.7. The quantitative estimate of drug-likeness (QED) is 0.751. The van der Waals surface area contributed by atoms with Crippen molar-refractivity contribution < 1.29 is 9.47 Å². The van der Waals surface area contributed by atoms with Gasteiger partial charge in [-0.15, -0.1) is 0 Å². The van der Waals surface area contributed by atoms with Gasteiger partial charge in [0.25, 0.3) is 0 Å². The van der Waals surface area contributed by atoms with Gasteiger partial charge in [-0.05, 0) is 45.7 Å². The molecule has 2 aliphatic rings. The number of nitrogens with one attached hydrogen (secondary N) is 1. The van der Waals surface area contributed by atoms with Gasteiger partial charge in [0.1, 0.15) is 0 Å². The highest BCUT2D eigenvalue weighted by Gasteiger charge is 2.15. The molecule has 4 nitrogen and oxygen atoms in total. The van der Waals surface area contributed by atoms with Crippen LogP contribution in [0.4, 0.5) is 0 Å². The van der Waals surface area contributed by atoms with Gasteiger partial charge in [0.2, 0.25) is 0 Å². The molecule has 0 aromatic rings. The van der Waals surface area contributed by atoms with Crippen molar-refractivity contribution in [3.63, 3.8) is 0 Å². The van der Waals surface area contributed by atoms with Crippen LogP contribution < -0.4 is 5.32 Å². The van der Waals surface area contributed by atoms with Crippen molar-refractivity contribution in [1.29, 1.82) is 0 Å². The summed E-state index contributed by atoms with van der Waals surface area (Å²) in [7, 11) is 0. The highest BCUT2D eigenvalue weighted by molar-refractivity contribution is 4.69. The van der Waals surface area contributed by atoms with E-state index in [4.69, 9.17) is 9.47 Å². The largest absolute Gasteiger partial charge is 0.378 e. The highest BCUT2D eigenvalue weighted by atomic mass is 16.5. The summed E-state index contributed by atoms with van der Waals surface area (Å²) in [6.45, 7) is 9.64. The molecule has 2 rings (SSSR count). The van der Waals surface area contributed by atoms with Crippen molar-refractivity contribution in [1.82, 2.24) is 10.2 Å². The lowest BCUT2D eigenvalue weighted by Gasteiger charge is -2.24. The Bertz CT molecular complexity index is 220. The van der Waals surface area contributed by atoms with Gasteiger partial charge in [0, 0.05) is 32.8 Å². The second kappa shape index (κ2) is 8.10. The van der Waals surface area contributed by atoms with Crippen LogP contribution in [0, 0.1) is 0 Å². The first kappa shape index (κ1) is 14.3. The molecule has 1 unspecified atom stereocenters. The third-order valence-electron chi connectivity index (χ3n) is 3.79. The minimum Gasteiger partial charge on any atom is -0.378 e. The van der Waals surface area contributed by atoms with Crippen LogP contribution in [-0.2, 0) is 9.47 Å². The number of hydrogen-bond donors (Lipinski definition) is 1. The van der Waals surface area contributed by atoms with E-state index in [0.717, 1.165) is 45.8 Å². The third kappa shape index (κ3) is 5.22. The number of ether oxygens (including phenoxy) is 2.